The lowest BCUT2D eigenvalue weighted by atomic mass is 10.2. The zero-order valence-electron chi connectivity index (χ0n) is 16.7. The quantitative estimate of drug-likeness (QED) is 0.355. The summed E-state index contributed by atoms with van der Waals surface area (Å²) in [6.45, 7) is 12.2. The first kappa shape index (κ1) is 23.7. The second kappa shape index (κ2) is 13.0. The van der Waals surface area contributed by atoms with E-state index in [0.717, 1.165) is 16.7 Å². The van der Waals surface area contributed by atoms with Gasteiger partial charge in [0.25, 0.3) is 12.4 Å². The van der Waals surface area contributed by atoms with Crippen LogP contribution in [0.4, 0.5) is 0 Å². The molecule has 0 spiro atoms. The molecule has 0 bridgehead atoms. The molecule has 2 rings (SSSR count). The fraction of sp³-hybridized carbons (Fsp3) is 0.273. The number of allylic oxidation sites excluding steroid dienone is 2. The summed E-state index contributed by atoms with van der Waals surface area (Å²) in [7, 11) is 0. The normalized spacial score (nSPS) is 10.8. The number of hydrogen-bond acceptors (Lipinski definition) is 5. The molecule has 1 aromatic heterocycles. The second-order valence-corrected chi connectivity index (χ2v) is 6.07. The molecular formula is C22H27NO6. The molecule has 0 aliphatic carbocycles. The van der Waals surface area contributed by atoms with E-state index in [4.69, 9.17) is 23.8 Å². The predicted molar refractivity (Wildman–Crippen MR) is 112 cm³/mol. The molecule has 0 radical (unpaired) electrons. The minimum absolute atomic E-state index is 0.0880. The third-order valence-corrected chi connectivity index (χ3v) is 3.48. The number of hydrogen-bond donors (Lipinski definition) is 2. The van der Waals surface area contributed by atoms with Crippen molar-refractivity contribution in [2.24, 2.45) is 0 Å². The highest BCUT2D eigenvalue weighted by Gasteiger charge is 2.12. The van der Waals surface area contributed by atoms with Crippen LogP contribution >= 0.6 is 0 Å². The van der Waals surface area contributed by atoms with Gasteiger partial charge in [0.15, 0.2) is 5.76 Å². The molecule has 2 aromatic rings. The molecule has 0 aliphatic heterocycles. The maximum absolute atomic E-state index is 12.2. The summed E-state index contributed by atoms with van der Waals surface area (Å²) in [6, 6.07) is 7.20. The van der Waals surface area contributed by atoms with E-state index in [1.807, 2.05) is 32.1 Å². The minimum Gasteiger partial charge on any atom is -0.491 e. The Bertz CT molecular complexity index is 850. The lowest BCUT2D eigenvalue weighted by molar-refractivity contribution is -0.122. The van der Waals surface area contributed by atoms with Gasteiger partial charge in [-0.1, -0.05) is 31.4 Å². The van der Waals surface area contributed by atoms with Crippen molar-refractivity contribution >= 4 is 23.3 Å². The van der Waals surface area contributed by atoms with Crippen LogP contribution < -0.4 is 10.1 Å². The first-order valence-electron chi connectivity index (χ1n) is 9.03. The molecule has 0 aliphatic rings. The number of nitrogens with one attached hydrogen (secondary N) is 1. The van der Waals surface area contributed by atoms with E-state index in [-0.39, 0.29) is 24.2 Å². The van der Waals surface area contributed by atoms with Gasteiger partial charge in [0, 0.05) is 11.9 Å². The van der Waals surface area contributed by atoms with Crippen molar-refractivity contribution in [1.29, 1.82) is 0 Å². The van der Waals surface area contributed by atoms with Crippen molar-refractivity contribution in [3.05, 3.63) is 67.0 Å². The molecule has 0 unspecified atom stereocenters. The highest BCUT2D eigenvalue weighted by atomic mass is 16.5. The summed E-state index contributed by atoms with van der Waals surface area (Å²) in [6.07, 6.45) is 5.31. The van der Waals surface area contributed by atoms with Gasteiger partial charge in [-0.2, -0.15) is 0 Å². The van der Waals surface area contributed by atoms with E-state index in [1.165, 1.54) is 0 Å². The average molecular weight is 401 g/mol. The molecule has 2 N–H and O–H groups in total. The molecular weight excluding hydrogens is 374 g/mol. The summed E-state index contributed by atoms with van der Waals surface area (Å²) < 4.78 is 16.7. The molecule has 7 heteroatoms. The number of amides is 1. The van der Waals surface area contributed by atoms with E-state index in [9.17, 15) is 4.79 Å². The van der Waals surface area contributed by atoms with E-state index < -0.39 is 0 Å². The van der Waals surface area contributed by atoms with Crippen LogP contribution in [0, 0.1) is 0 Å². The summed E-state index contributed by atoms with van der Waals surface area (Å²) in [5.41, 5.74) is 1.58. The standard InChI is InChI=1S/C21H25NO4.CH2O2/c1-5-7-16(6-2)14-24-11-10-22-21(23)20-13-17-12-18(25-15(3)4)8-9-19(17)26-20;2-1-3/h5-9,12-13,15H,1-2,10-11,14H2,3-4H3,(H,22,23);1H,(H,2,3)/b16-7+;. The molecule has 29 heavy (non-hydrogen) atoms. The van der Waals surface area contributed by atoms with Crippen LogP contribution in [-0.4, -0.2) is 43.3 Å². The van der Waals surface area contributed by atoms with Crippen LogP contribution in [0.2, 0.25) is 0 Å². The van der Waals surface area contributed by atoms with Gasteiger partial charge in [-0.15, -0.1) is 0 Å². The number of fused-ring (bicyclic) bond motifs is 1. The topological polar surface area (TPSA) is 98.0 Å². The zero-order valence-corrected chi connectivity index (χ0v) is 16.7. The molecule has 0 fully saturated rings. The summed E-state index contributed by atoms with van der Waals surface area (Å²) >= 11 is 0. The van der Waals surface area contributed by atoms with Gasteiger partial charge in [-0.25, -0.2) is 0 Å². The van der Waals surface area contributed by atoms with Crippen molar-refractivity contribution in [2.45, 2.75) is 20.0 Å². The van der Waals surface area contributed by atoms with E-state index in [0.29, 0.717) is 25.3 Å². The third kappa shape index (κ3) is 8.49. The Labute approximate surface area is 170 Å². The van der Waals surface area contributed by atoms with E-state index >= 15 is 0 Å². The van der Waals surface area contributed by atoms with Gasteiger partial charge in [0.2, 0.25) is 0 Å². The van der Waals surface area contributed by atoms with Crippen molar-refractivity contribution in [3.63, 3.8) is 0 Å². The predicted octanol–water partition coefficient (Wildman–Crippen LogP) is 3.97. The molecule has 156 valence electrons. The molecule has 1 amide bonds. The minimum atomic E-state index is -0.276. The Morgan fingerprint density at radius 1 is 1.31 bits per heavy atom. The number of ether oxygens (including phenoxy) is 2. The van der Waals surface area contributed by atoms with Crippen LogP contribution in [0.25, 0.3) is 11.0 Å². The molecule has 0 saturated heterocycles. The molecule has 1 heterocycles. The maximum Gasteiger partial charge on any atom is 0.290 e. The SMILES string of the molecule is C=C/C=C(\C=C)COCCNC(=O)c1cc2cc(OC(C)C)ccc2o1.O=CO. The van der Waals surface area contributed by atoms with Gasteiger partial charge in [-0.3, -0.25) is 9.59 Å². The van der Waals surface area contributed by atoms with Gasteiger partial charge in [-0.05, 0) is 43.7 Å². The van der Waals surface area contributed by atoms with Crippen molar-refractivity contribution in [2.75, 3.05) is 19.8 Å². The van der Waals surface area contributed by atoms with E-state index in [2.05, 4.69) is 18.5 Å². The van der Waals surface area contributed by atoms with Crippen LogP contribution in [-0.2, 0) is 9.53 Å². The Morgan fingerprint density at radius 2 is 2.03 bits per heavy atom. The number of furan rings is 1. The Balaban J connectivity index is 0.00000132. The number of benzene rings is 1. The maximum atomic E-state index is 12.2. The highest BCUT2D eigenvalue weighted by molar-refractivity contribution is 5.96. The summed E-state index contributed by atoms with van der Waals surface area (Å²) in [4.78, 5) is 20.6. The number of carbonyl (C=O) groups excluding carboxylic acids is 1. The number of rotatable bonds is 10. The summed E-state index contributed by atoms with van der Waals surface area (Å²) in [5.74, 6) is 0.737. The summed E-state index contributed by atoms with van der Waals surface area (Å²) in [5, 5.41) is 10.5. The number of carboxylic acid groups (broad SMARTS) is 1. The fourth-order valence-electron chi connectivity index (χ4n) is 2.32. The van der Waals surface area contributed by atoms with Crippen molar-refractivity contribution in [3.8, 4) is 5.75 Å². The smallest absolute Gasteiger partial charge is 0.290 e. The van der Waals surface area contributed by atoms with Gasteiger partial charge < -0.3 is 24.3 Å². The molecule has 1 aromatic carbocycles. The molecule has 0 atom stereocenters. The van der Waals surface area contributed by atoms with Crippen LogP contribution in [0.15, 0.2) is 65.6 Å². The average Bonchev–Trinajstić information content (AvgIpc) is 3.10. The highest BCUT2D eigenvalue weighted by Crippen LogP contribution is 2.25. The van der Waals surface area contributed by atoms with Crippen LogP contribution in [0.3, 0.4) is 0 Å². The second-order valence-electron chi connectivity index (χ2n) is 6.07. The monoisotopic (exact) mass is 401 g/mol. The van der Waals surface area contributed by atoms with Crippen LogP contribution in [0.5, 0.6) is 5.75 Å². The van der Waals surface area contributed by atoms with E-state index in [1.54, 1.807) is 24.3 Å². The largest absolute Gasteiger partial charge is 0.491 e. The number of carbonyl (C=O) groups is 2. The fourth-order valence-corrected chi connectivity index (χ4v) is 2.32. The molecule has 0 saturated carbocycles. The Morgan fingerprint density at radius 3 is 2.66 bits per heavy atom. The molecule has 7 nitrogen and oxygen atoms in total. The van der Waals surface area contributed by atoms with Crippen molar-refractivity contribution in [1.82, 2.24) is 5.32 Å². The first-order chi connectivity index (χ1) is 13.9. The lowest BCUT2D eigenvalue weighted by Crippen LogP contribution is -2.27. The van der Waals surface area contributed by atoms with Gasteiger partial charge in [0.05, 0.1) is 19.3 Å². The Kier molecular flexibility index (Phi) is 10.6. The van der Waals surface area contributed by atoms with Gasteiger partial charge >= 0.3 is 0 Å². The lowest BCUT2D eigenvalue weighted by Gasteiger charge is -2.08. The van der Waals surface area contributed by atoms with Crippen LogP contribution in [0.1, 0.15) is 24.4 Å². The van der Waals surface area contributed by atoms with Crippen molar-refractivity contribution < 1.29 is 28.6 Å². The first-order valence-corrected chi connectivity index (χ1v) is 9.03. The van der Waals surface area contributed by atoms with Gasteiger partial charge in [0.1, 0.15) is 11.3 Å². The third-order valence-electron chi connectivity index (χ3n) is 3.48. The zero-order chi connectivity index (χ0) is 21.6. The Hall–Kier alpha value is -3.32.